The van der Waals surface area contributed by atoms with Gasteiger partial charge in [-0.15, -0.1) is 11.8 Å². The third-order valence-electron chi connectivity index (χ3n) is 5.97. The highest BCUT2D eigenvalue weighted by atomic mass is 32.2. The normalized spacial score (nSPS) is 24.4. The van der Waals surface area contributed by atoms with E-state index in [4.69, 9.17) is 9.73 Å². The van der Waals surface area contributed by atoms with Crippen molar-refractivity contribution in [1.82, 2.24) is 10.2 Å². The molecule has 0 bridgehead atoms. The molecule has 160 valence electrons. The van der Waals surface area contributed by atoms with Crippen molar-refractivity contribution in [1.29, 1.82) is 0 Å². The third kappa shape index (κ3) is 5.58. The van der Waals surface area contributed by atoms with Gasteiger partial charge in [-0.05, 0) is 43.4 Å². The van der Waals surface area contributed by atoms with Crippen LogP contribution in [0.4, 0.5) is 0 Å². The van der Waals surface area contributed by atoms with E-state index in [2.05, 4.69) is 77.8 Å². The first-order valence-electron chi connectivity index (χ1n) is 11.2. The van der Waals surface area contributed by atoms with E-state index in [-0.39, 0.29) is 6.10 Å². The van der Waals surface area contributed by atoms with Crippen LogP contribution in [0.15, 0.2) is 70.6 Å². The largest absolute Gasteiger partial charge is 0.373 e. The van der Waals surface area contributed by atoms with Crippen LogP contribution in [0.25, 0.3) is 0 Å². The van der Waals surface area contributed by atoms with Gasteiger partial charge in [-0.1, -0.05) is 48.5 Å². The Kier molecular flexibility index (Phi) is 7.70. The number of thioether (sulfide) groups is 1. The summed E-state index contributed by atoms with van der Waals surface area (Å²) in [5.41, 5.74) is 1.28. The van der Waals surface area contributed by atoms with E-state index in [1.807, 2.05) is 11.8 Å². The quantitative estimate of drug-likeness (QED) is 0.393. The molecule has 2 aliphatic heterocycles. The third-order valence-corrected chi connectivity index (χ3v) is 7.21. The molecule has 0 spiro atoms. The summed E-state index contributed by atoms with van der Waals surface area (Å²) in [6.07, 6.45) is 2.49. The van der Waals surface area contributed by atoms with Crippen LogP contribution >= 0.6 is 11.8 Å². The van der Waals surface area contributed by atoms with E-state index < -0.39 is 0 Å². The monoisotopic (exact) mass is 423 g/mol. The van der Waals surface area contributed by atoms with Crippen molar-refractivity contribution >= 4 is 17.7 Å². The highest BCUT2D eigenvalue weighted by molar-refractivity contribution is 7.99. The molecule has 2 saturated heterocycles. The summed E-state index contributed by atoms with van der Waals surface area (Å²) in [6, 6.07) is 21.3. The molecule has 3 unspecified atom stereocenters. The van der Waals surface area contributed by atoms with E-state index in [1.54, 1.807) is 0 Å². The van der Waals surface area contributed by atoms with Gasteiger partial charge in [-0.3, -0.25) is 4.99 Å². The molecule has 2 fully saturated rings. The molecule has 1 N–H and O–H groups in total. The fourth-order valence-corrected chi connectivity index (χ4v) is 5.40. The van der Waals surface area contributed by atoms with Gasteiger partial charge < -0.3 is 15.0 Å². The van der Waals surface area contributed by atoms with E-state index in [1.165, 1.54) is 22.6 Å². The van der Waals surface area contributed by atoms with Gasteiger partial charge in [0.15, 0.2) is 5.96 Å². The second-order valence-electron chi connectivity index (χ2n) is 8.17. The Morgan fingerprint density at radius 2 is 1.87 bits per heavy atom. The second kappa shape index (κ2) is 10.9. The fourth-order valence-electron chi connectivity index (χ4n) is 4.35. The van der Waals surface area contributed by atoms with Crippen molar-refractivity contribution in [3.8, 4) is 0 Å². The molecular formula is C25H33N3OS. The van der Waals surface area contributed by atoms with Gasteiger partial charge in [-0.25, -0.2) is 0 Å². The smallest absolute Gasteiger partial charge is 0.193 e. The maximum absolute atomic E-state index is 6.05. The van der Waals surface area contributed by atoms with Gasteiger partial charge in [0.25, 0.3) is 0 Å². The molecule has 30 heavy (non-hydrogen) atoms. The molecular weight excluding hydrogens is 390 g/mol. The minimum absolute atomic E-state index is 0.173. The van der Waals surface area contributed by atoms with Gasteiger partial charge in [0.2, 0.25) is 0 Å². The SMILES string of the molecule is CCNC(=NCC1CCOC1c1ccccc1)N1CCC(CSc2ccccc2)C1. The van der Waals surface area contributed by atoms with Crippen LogP contribution in [0.2, 0.25) is 0 Å². The highest BCUT2D eigenvalue weighted by Crippen LogP contribution is 2.34. The maximum Gasteiger partial charge on any atom is 0.193 e. The van der Waals surface area contributed by atoms with Crippen LogP contribution in [0.3, 0.4) is 0 Å². The lowest BCUT2D eigenvalue weighted by Crippen LogP contribution is -2.40. The minimum Gasteiger partial charge on any atom is -0.373 e. The summed E-state index contributed by atoms with van der Waals surface area (Å²) < 4.78 is 6.05. The van der Waals surface area contributed by atoms with Crippen molar-refractivity contribution in [2.45, 2.75) is 30.8 Å². The standard InChI is InChI=1S/C25H33N3OS/c1-2-26-25(27-17-22-14-16-29-24(22)21-9-5-3-6-10-21)28-15-13-20(18-28)19-30-23-11-7-4-8-12-23/h3-12,20,22,24H,2,13-19H2,1H3,(H,26,27). The Bertz CT molecular complexity index is 799. The van der Waals surface area contributed by atoms with Crippen LogP contribution in [0.1, 0.15) is 31.4 Å². The summed E-state index contributed by atoms with van der Waals surface area (Å²) >= 11 is 1.97. The van der Waals surface area contributed by atoms with Gasteiger partial charge in [0.05, 0.1) is 6.10 Å². The summed E-state index contributed by atoms with van der Waals surface area (Å²) in [5, 5.41) is 3.53. The van der Waals surface area contributed by atoms with Crippen molar-refractivity contribution in [3.63, 3.8) is 0 Å². The number of guanidine groups is 1. The van der Waals surface area contributed by atoms with Crippen LogP contribution in [0, 0.1) is 11.8 Å². The molecule has 4 rings (SSSR count). The Morgan fingerprint density at radius 3 is 2.63 bits per heavy atom. The Balaban J connectivity index is 1.33. The molecule has 5 heteroatoms. The lowest BCUT2D eigenvalue weighted by molar-refractivity contribution is 0.0925. The molecule has 3 atom stereocenters. The molecule has 2 aromatic rings. The summed E-state index contributed by atoms with van der Waals surface area (Å²) in [5.74, 6) is 3.41. The Morgan fingerprint density at radius 1 is 1.10 bits per heavy atom. The van der Waals surface area contributed by atoms with Crippen LogP contribution < -0.4 is 5.32 Å². The molecule has 0 aliphatic carbocycles. The predicted octanol–water partition coefficient (Wildman–Crippen LogP) is 4.84. The first-order chi connectivity index (χ1) is 14.8. The topological polar surface area (TPSA) is 36.9 Å². The number of rotatable bonds is 7. The highest BCUT2D eigenvalue weighted by Gasteiger charge is 2.30. The van der Waals surface area contributed by atoms with Gasteiger partial charge >= 0.3 is 0 Å². The van der Waals surface area contributed by atoms with E-state index in [9.17, 15) is 0 Å². The predicted molar refractivity (Wildman–Crippen MR) is 126 cm³/mol. The lowest BCUT2D eigenvalue weighted by atomic mass is 9.95. The maximum atomic E-state index is 6.05. The van der Waals surface area contributed by atoms with Crippen molar-refractivity contribution in [2.75, 3.05) is 38.5 Å². The number of benzene rings is 2. The molecule has 0 radical (unpaired) electrons. The number of hydrogen-bond acceptors (Lipinski definition) is 3. The average Bonchev–Trinajstić information content (AvgIpc) is 3.46. The minimum atomic E-state index is 0.173. The number of hydrogen-bond donors (Lipinski definition) is 1. The van der Waals surface area contributed by atoms with Crippen molar-refractivity contribution in [3.05, 3.63) is 66.2 Å². The number of likely N-dealkylation sites (tertiary alicyclic amines) is 1. The van der Waals surface area contributed by atoms with Crippen molar-refractivity contribution in [2.24, 2.45) is 16.8 Å². The zero-order chi connectivity index (χ0) is 20.6. The Hall–Kier alpha value is -1.98. The summed E-state index contributed by atoms with van der Waals surface area (Å²) in [6.45, 7) is 6.90. The summed E-state index contributed by atoms with van der Waals surface area (Å²) in [7, 11) is 0. The summed E-state index contributed by atoms with van der Waals surface area (Å²) in [4.78, 5) is 8.87. The average molecular weight is 424 g/mol. The number of ether oxygens (including phenoxy) is 1. The molecule has 2 aliphatic rings. The fraction of sp³-hybridized carbons (Fsp3) is 0.480. The Labute approximate surface area is 185 Å². The molecule has 4 nitrogen and oxygen atoms in total. The molecule has 0 amide bonds. The number of aliphatic imine (C=N–C) groups is 1. The van der Waals surface area contributed by atoms with E-state index in [0.29, 0.717) is 11.8 Å². The second-order valence-corrected chi connectivity index (χ2v) is 9.26. The first-order valence-corrected chi connectivity index (χ1v) is 12.2. The van der Waals surface area contributed by atoms with E-state index in [0.717, 1.165) is 45.2 Å². The van der Waals surface area contributed by atoms with Crippen LogP contribution in [-0.4, -0.2) is 49.4 Å². The van der Waals surface area contributed by atoms with Crippen LogP contribution in [-0.2, 0) is 4.74 Å². The van der Waals surface area contributed by atoms with Crippen LogP contribution in [0.5, 0.6) is 0 Å². The number of nitrogens with one attached hydrogen (secondary N) is 1. The van der Waals surface area contributed by atoms with Crippen molar-refractivity contribution < 1.29 is 4.74 Å². The van der Waals surface area contributed by atoms with E-state index >= 15 is 0 Å². The van der Waals surface area contributed by atoms with Gasteiger partial charge in [0, 0.05) is 49.4 Å². The van der Waals surface area contributed by atoms with Gasteiger partial charge in [0.1, 0.15) is 0 Å². The lowest BCUT2D eigenvalue weighted by Gasteiger charge is -2.23. The first kappa shape index (κ1) is 21.3. The molecule has 2 aromatic carbocycles. The molecule has 0 saturated carbocycles. The zero-order valence-corrected chi connectivity index (χ0v) is 18.7. The molecule has 2 heterocycles. The number of nitrogens with zero attached hydrogens (tertiary/aromatic N) is 2. The molecule has 0 aromatic heterocycles. The van der Waals surface area contributed by atoms with Gasteiger partial charge in [-0.2, -0.15) is 0 Å². The zero-order valence-electron chi connectivity index (χ0n) is 17.9.